The summed E-state index contributed by atoms with van der Waals surface area (Å²) in [6.07, 6.45) is 13.9. The van der Waals surface area contributed by atoms with Gasteiger partial charge in [-0.05, 0) is 18.4 Å². The molecule has 0 N–H and O–H groups in total. The van der Waals surface area contributed by atoms with Crippen LogP contribution in [0.3, 0.4) is 0 Å². The Bertz CT molecular complexity index is 193. The van der Waals surface area contributed by atoms with Crippen molar-refractivity contribution in [2.45, 2.75) is 58.3 Å². The van der Waals surface area contributed by atoms with Crippen molar-refractivity contribution in [2.24, 2.45) is 5.92 Å². The van der Waals surface area contributed by atoms with Crippen LogP contribution in [0.5, 0.6) is 0 Å². The fourth-order valence-corrected chi connectivity index (χ4v) is 2.02. The van der Waals surface area contributed by atoms with E-state index in [1.54, 1.807) is 6.08 Å². The first-order valence-electron chi connectivity index (χ1n) is 6.04. The van der Waals surface area contributed by atoms with Gasteiger partial charge in [-0.25, -0.2) is 0 Å². The number of rotatable bonds is 7. The molecule has 0 saturated heterocycles. The van der Waals surface area contributed by atoms with Gasteiger partial charge in [0, 0.05) is 6.42 Å². The van der Waals surface area contributed by atoms with Gasteiger partial charge in [0.25, 0.3) is 0 Å². The quantitative estimate of drug-likeness (QED) is 0.562. The number of carbonyl (C=O) groups is 1. The fourth-order valence-electron chi connectivity index (χ4n) is 2.02. The van der Waals surface area contributed by atoms with Crippen molar-refractivity contribution >= 4 is 5.78 Å². The lowest BCUT2D eigenvalue weighted by molar-refractivity contribution is -0.114. The molecule has 0 saturated carbocycles. The number of carbonyl (C=O) groups excluding carboxylic acids is 1. The van der Waals surface area contributed by atoms with Crippen LogP contribution in [0.1, 0.15) is 58.3 Å². The first-order valence-corrected chi connectivity index (χ1v) is 6.04. The van der Waals surface area contributed by atoms with Crippen LogP contribution in [0, 0.1) is 5.92 Å². The first kappa shape index (κ1) is 11.5. The van der Waals surface area contributed by atoms with E-state index in [9.17, 15) is 4.79 Å². The molecule has 1 aliphatic rings. The topological polar surface area (TPSA) is 17.1 Å². The molecule has 0 spiro atoms. The van der Waals surface area contributed by atoms with Gasteiger partial charge in [0.1, 0.15) is 0 Å². The molecule has 0 aliphatic heterocycles. The van der Waals surface area contributed by atoms with Crippen LogP contribution in [0.25, 0.3) is 0 Å². The van der Waals surface area contributed by atoms with Gasteiger partial charge >= 0.3 is 0 Å². The molecule has 0 aromatic heterocycles. The highest BCUT2D eigenvalue weighted by molar-refractivity contribution is 5.92. The van der Waals surface area contributed by atoms with Crippen molar-refractivity contribution in [3.8, 4) is 0 Å². The molecule has 0 amide bonds. The lowest BCUT2D eigenvalue weighted by Gasteiger charge is -2.05. The van der Waals surface area contributed by atoms with Gasteiger partial charge in [0.15, 0.2) is 5.78 Å². The second kappa shape index (κ2) is 6.80. The number of unbranched alkanes of at least 4 members (excludes halogenated alkanes) is 5. The van der Waals surface area contributed by atoms with Crippen molar-refractivity contribution in [3.63, 3.8) is 0 Å². The summed E-state index contributed by atoms with van der Waals surface area (Å²) in [5, 5.41) is 0. The Kier molecular flexibility index (Phi) is 5.58. The summed E-state index contributed by atoms with van der Waals surface area (Å²) >= 11 is 0. The van der Waals surface area contributed by atoms with Crippen LogP contribution in [-0.2, 0) is 4.79 Å². The van der Waals surface area contributed by atoms with Gasteiger partial charge in [-0.3, -0.25) is 4.79 Å². The third kappa shape index (κ3) is 4.59. The molecule has 80 valence electrons. The largest absolute Gasteiger partial charge is 0.295 e. The zero-order valence-corrected chi connectivity index (χ0v) is 9.30. The third-order valence-electron chi connectivity index (χ3n) is 2.95. The molecule has 0 unspecified atom stereocenters. The SMILES string of the molecule is CCCCCCCC[C@H]1C=CC(=O)C1. The molecule has 0 aromatic rings. The van der Waals surface area contributed by atoms with Crippen LogP contribution in [0.15, 0.2) is 12.2 Å². The summed E-state index contributed by atoms with van der Waals surface area (Å²) in [5.41, 5.74) is 0. The van der Waals surface area contributed by atoms with E-state index in [-0.39, 0.29) is 0 Å². The summed E-state index contributed by atoms with van der Waals surface area (Å²) in [6.45, 7) is 2.24. The molecule has 1 aliphatic carbocycles. The molecule has 0 bridgehead atoms. The van der Waals surface area contributed by atoms with Crippen molar-refractivity contribution < 1.29 is 4.79 Å². The summed E-state index contributed by atoms with van der Waals surface area (Å²) in [7, 11) is 0. The molecule has 0 aromatic carbocycles. The van der Waals surface area contributed by atoms with Crippen LogP contribution >= 0.6 is 0 Å². The Morgan fingerprint density at radius 1 is 1.21 bits per heavy atom. The maximum absolute atomic E-state index is 10.9. The van der Waals surface area contributed by atoms with Gasteiger partial charge in [0.05, 0.1) is 0 Å². The Hall–Kier alpha value is -0.590. The fraction of sp³-hybridized carbons (Fsp3) is 0.769. The normalized spacial score (nSPS) is 20.6. The highest BCUT2D eigenvalue weighted by atomic mass is 16.1. The minimum Gasteiger partial charge on any atom is -0.295 e. The summed E-state index contributed by atoms with van der Waals surface area (Å²) < 4.78 is 0. The average molecular weight is 194 g/mol. The number of hydrogen-bond acceptors (Lipinski definition) is 1. The predicted molar refractivity (Wildman–Crippen MR) is 60.2 cm³/mol. The molecule has 0 radical (unpaired) electrons. The summed E-state index contributed by atoms with van der Waals surface area (Å²) in [4.78, 5) is 10.9. The molecule has 1 heteroatoms. The van der Waals surface area contributed by atoms with E-state index < -0.39 is 0 Å². The van der Waals surface area contributed by atoms with Crippen LogP contribution in [0.2, 0.25) is 0 Å². The highest BCUT2D eigenvalue weighted by Crippen LogP contribution is 2.21. The average Bonchev–Trinajstić information content (AvgIpc) is 2.58. The van der Waals surface area contributed by atoms with E-state index in [0.717, 1.165) is 6.42 Å². The van der Waals surface area contributed by atoms with Gasteiger partial charge in [-0.2, -0.15) is 0 Å². The van der Waals surface area contributed by atoms with Crippen molar-refractivity contribution in [3.05, 3.63) is 12.2 Å². The maximum atomic E-state index is 10.9. The summed E-state index contributed by atoms with van der Waals surface area (Å²) in [5.74, 6) is 0.884. The van der Waals surface area contributed by atoms with E-state index in [0.29, 0.717) is 11.7 Å². The third-order valence-corrected chi connectivity index (χ3v) is 2.95. The smallest absolute Gasteiger partial charge is 0.155 e. The Morgan fingerprint density at radius 2 is 1.93 bits per heavy atom. The Morgan fingerprint density at radius 3 is 2.57 bits per heavy atom. The van der Waals surface area contributed by atoms with Gasteiger partial charge in [-0.15, -0.1) is 0 Å². The first-order chi connectivity index (χ1) is 6.83. The molecular weight excluding hydrogens is 172 g/mol. The van der Waals surface area contributed by atoms with Crippen LogP contribution in [-0.4, -0.2) is 5.78 Å². The monoisotopic (exact) mass is 194 g/mol. The molecule has 0 heterocycles. The van der Waals surface area contributed by atoms with E-state index in [4.69, 9.17) is 0 Å². The second-order valence-corrected chi connectivity index (χ2v) is 4.35. The molecule has 1 nitrogen and oxygen atoms in total. The van der Waals surface area contributed by atoms with E-state index in [1.165, 1.54) is 44.9 Å². The molecule has 14 heavy (non-hydrogen) atoms. The second-order valence-electron chi connectivity index (χ2n) is 4.35. The predicted octanol–water partition coefficient (Wildman–Crippen LogP) is 3.88. The van der Waals surface area contributed by atoms with Gasteiger partial charge < -0.3 is 0 Å². The van der Waals surface area contributed by atoms with E-state index in [1.807, 2.05) is 0 Å². The lowest BCUT2D eigenvalue weighted by atomic mass is 10.00. The number of allylic oxidation sites excluding steroid dienone is 2. The molecular formula is C13H22O. The van der Waals surface area contributed by atoms with E-state index >= 15 is 0 Å². The molecule has 0 fully saturated rings. The zero-order valence-electron chi connectivity index (χ0n) is 9.30. The Labute approximate surface area is 87.6 Å². The van der Waals surface area contributed by atoms with Crippen molar-refractivity contribution in [1.29, 1.82) is 0 Å². The van der Waals surface area contributed by atoms with Crippen LogP contribution < -0.4 is 0 Å². The van der Waals surface area contributed by atoms with Crippen molar-refractivity contribution in [2.75, 3.05) is 0 Å². The minimum atomic E-state index is 0.320. The standard InChI is InChI=1S/C13H22O/c1-2-3-4-5-6-7-8-12-9-10-13(14)11-12/h9-10,12H,2-8,11H2,1H3/t12-/m0/s1. The zero-order chi connectivity index (χ0) is 10.2. The highest BCUT2D eigenvalue weighted by Gasteiger charge is 2.14. The molecule has 1 rings (SSSR count). The minimum absolute atomic E-state index is 0.320. The van der Waals surface area contributed by atoms with Gasteiger partial charge in [0.2, 0.25) is 0 Å². The maximum Gasteiger partial charge on any atom is 0.155 e. The van der Waals surface area contributed by atoms with Gasteiger partial charge in [-0.1, -0.05) is 51.5 Å². The Balaban J connectivity index is 1.89. The molecule has 1 atom stereocenters. The summed E-state index contributed by atoms with van der Waals surface area (Å²) in [6, 6.07) is 0. The van der Waals surface area contributed by atoms with Crippen LogP contribution in [0.4, 0.5) is 0 Å². The number of ketones is 1. The lowest BCUT2D eigenvalue weighted by Crippen LogP contribution is -1.96. The van der Waals surface area contributed by atoms with E-state index in [2.05, 4.69) is 13.0 Å². The van der Waals surface area contributed by atoms with Crippen molar-refractivity contribution in [1.82, 2.24) is 0 Å². The number of hydrogen-bond donors (Lipinski definition) is 0.